The fourth-order valence-electron chi connectivity index (χ4n) is 2.38. The topological polar surface area (TPSA) is 73.6 Å². The average molecular weight is 226 g/mol. The first-order valence-corrected chi connectivity index (χ1v) is 5.34. The third kappa shape index (κ3) is 2.59. The third-order valence-electron chi connectivity index (χ3n) is 3.48. The molecule has 2 fully saturated rings. The van der Waals surface area contributed by atoms with Gasteiger partial charge in [0.05, 0.1) is 12.1 Å². The first-order valence-electron chi connectivity index (χ1n) is 5.34. The number of carbonyl (C=O) groups is 1. The van der Waals surface area contributed by atoms with Crippen LogP contribution < -0.4 is 0 Å². The number of hydrogen-bond acceptors (Lipinski definition) is 5. The molecule has 0 aromatic carbocycles. The van der Waals surface area contributed by atoms with Crippen LogP contribution in [0.4, 0.5) is 0 Å². The number of piperidine rings is 1. The third-order valence-corrected chi connectivity index (χ3v) is 3.48. The SMILES string of the molecule is COC(O)C=O.C[C@H]1C2CC(C#N)N(C)C21. The Labute approximate surface area is 95.6 Å². The summed E-state index contributed by atoms with van der Waals surface area (Å²) in [5.41, 5.74) is 0. The van der Waals surface area contributed by atoms with Crippen LogP contribution in [0.2, 0.25) is 0 Å². The van der Waals surface area contributed by atoms with Crippen LogP contribution in [-0.2, 0) is 9.53 Å². The van der Waals surface area contributed by atoms with Crippen LogP contribution in [-0.4, -0.2) is 48.8 Å². The molecule has 1 aliphatic heterocycles. The predicted molar refractivity (Wildman–Crippen MR) is 57.3 cm³/mol. The highest BCUT2D eigenvalue weighted by Gasteiger charge is 2.56. The zero-order valence-corrected chi connectivity index (χ0v) is 9.83. The molecule has 1 saturated carbocycles. The number of likely N-dealkylation sites (tertiary alicyclic amines) is 1. The summed E-state index contributed by atoms with van der Waals surface area (Å²) in [5, 5.41) is 16.7. The quantitative estimate of drug-likeness (QED) is 0.530. The molecule has 0 aromatic rings. The number of nitriles is 1. The molecule has 1 N–H and O–H groups in total. The molecule has 0 spiro atoms. The van der Waals surface area contributed by atoms with Gasteiger partial charge in [-0.25, -0.2) is 0 Å². The zero-order valence-electron chi connectivity index (χ0n) is 9.83. The van der Waals surface area contributed by atoms with E-state index in [-0.39, 0.29) is 6.04 Å². The monoisotopic (exact) mass is 226 g/mol. The number of ether oxygens (including phenoxy) is 1. The normalized spacial score (nSPS) is 37.7. The lowest BCUT2D eigenvalue weighted by Gasteiger charge is -2.16. The first-order chi connectivity index (χ1) is 7.56. The van der Waals surface area contributed by atoms with Crippen LogP contribution in [0.15, 0.2) is 0 Å². The summed E-state index contributed by atoms with van der Waals surface area (Å²) in [4.78, 5) is 11.6. The molecule has 0 amide bonds. The number of hydrogen-bond donors (Lipinski definition) is 1. The largest absolute Gasteiger partial charge is 0.362 e. The Balaban J connectivity index is 0.000000187. The van der Waals surface area contributed by atoms with E-state index < -0.39 is 6.29 Å². The summed E-state index contributed by atoms with van der Waals surface area (Å²) < 4.78 is 4.09. The van der Waals surface area contributed by atoms with Gasteiger partial charge >= 0.3 is 0 Å². The summed E-state index contributed by atoms with van der Waals surface area (Å²) in [6, 6.07) is 3.28. The van der Waals surface area contributed by atoms with Gasteiger partial charge in [-0.1, -0.05) is 6.92 Å². The Kier molecular flexibility index (Phi) is 4.42. The molecule has 2 rings (SSSR count). The van der Waals surface area contributed by atoms with Crippen molar-refractivity contribution in [2.24, 2.45) is 11.8 Å². The molecule has 16 heavy (non-hydrogen) atoms. The van der Waals surface area contributed by atoms with Gasteiger partial charge in [-0.3, -0.25) is 9.69 Å². The van der Waals surface area contributed by atoms with Crippen molar-refractivity contribution in [3.05, 3.63) is 0 Å². The number of aliphatic hydroxyl groups excluding tert-OH is 1. The number of aliphatic hydroxyl groups is 1. The van der Waals surface area contributed by atoms with Crippen LogP contribution >= 0.6 is 0 Å². The van der Waals surface area contributed by atoms with Crippen molar-refractivity contribution >= 4 is 6.29 Å². The Hall–Kier alpha value is -0.960. The maximum absolute atomic E-state index is 9.36. The van der Waals surface area contributed by atoms with Gasteiger partial charge in [-0.05, 0) is 25.3 Å². The van der Waals surface area contributed by atoms with Gasteiger partial charge in [0.1, 0.15) is 0 Å². The van der Waals surface area contributed by atoms with Gasteiger partial charge in [0.2, 0.25) is 6.29 Å². The molecule has 0 bridgehead atoms. The first kappa shape index (κ1) is 13.1. The number of aldehydes is 1. The fraction of sp³-hybridized carbons (Fsp3) is 0.818. The summed E-state index contributed by atoms with van der Waals surface area (Å²) in [7, 11) is 3.32. The van der Waals surface area contributed by atoms with Crippen LogP contribution in [0.3, 0.4) is 0 Å². The van der Waals surface area contributed by atoms with E-state index in [4.69, 9.17) is 10.4 Å². The van der Waals surface area contributed by atoms with E-state index in [1.165, 1.54) is 7.11 Å². The lowest BCUT2D eigenvalue weighted by Crippen LogP contribution is -2.28. The molecule has 1 saturated heterocycles. The molecule has 5 heteroatoms. The molecule has 90 valence electrons. The molecule has 1 heterocycles. The second kappa shape index (κ2) is 5.39. The van der Waals surface area contributed by atoms with Crippen molar-refractivity contribution in [2.45, 2.75) is 31.7 Å². The van der Waals surface area contributed by atoms with E-state index >= 15 is 0 Å². The Morgan fingerprint density at radius 1 is 1.69 bits per heavy atom. The van der Waals surface area contributed by atoms with E-state index in [2.05, 4.69) is 29.7 Å². The highest BCUT2D eigenvalue weighted by molar-refractivity contribution is 5.53. The van der Waals surface area contributed by atoms with Crippen molar-refractivity contribution in [1.82, 2.24) is 4.90 Å². The standard InChI is InChI=1S/C8H12N2.C3H6O3/c1-5-7-3-6(4-9)10(2)8(5)7;1-6-3(5)2-4/h5-8H,3H2,1-2H3;2-3,5H,1H3/t5-,6?,7?,8?;/m0./s1. The van der Waals surface area contributed by atoms with E-state index in [0.717, 1.165) is 24.3 Å². The molecule has 2 aliphatic rings. The number of fused-ring (bicyclic) bond motifs is 1. The van der Waals surface area contributed by atoms with Gasteiger partial charge in [-0.2, -0.15) is 5.26 Å². The van der Waals surface area contributed by atoms with Crippen molar-refractivity contribution in [1.29, 1.82) is 5.26 Å². The number of methoxy groups -OCH3 is 1. The van der Waals surface area contributed by atoms with Crippen molar-refractivity contribution in [2.75, 3.05) is 14.2 Å². The number of rotatable bonds is 2. The molecule has 5 atom stereocenters. The fourth-order valence-corrected chi connectivity index (χ4v) is 2.38. The number of nitrogens with zero attached hydrogens (tertiary/aromatic N) is 2. The molecule has 1 aliphatic carbocycles. The second-order valence-electron chi connectivity index (χ2n) is 4.32. The molecule has 0 radical (unpaired) electrons. The van der Waals surface area contributed by atoms with Crippen LogP contribution in [0.25, 0.3) is 0 Å². The van der Waals surface area contributed by atoms with Gasteiger partial charge < -0.3 is 9.84 Å². The van der Waals surface area contributed by atoms with Crippen LogP contribution in [0, 0.1) is 23.2 Å². The van der Waals surface area contributed by atoms with Crippen molar-refractivity contribution in [3.8, 4) is 6.07 Å². The Morgan fingerprint density at radius 2 is 2.31 bits per heavy atom. The minimum absolute atomic E-state index is 0.214. The molecule has 0 aromatic heterocycles. The lowest BCUT2D eigenvalue weighted by atomic mass is 10.1. The van der Waals surface area contributed by atoms with E-state index in [0.29, 0.717) is 6.29 Å². The Bertz CT molecular complexity index is 289. The minimum atomic E-state index is -1.25. The summed E-state index contributed by atoms with van der Waals surface area (Å²) >= 11 is 0. The van der Waals surface area contributed by atoms with Gasteiger partial charge in [0.15, 0.2) is 6.29 Å². The Morgan fingerprint density at radius 3 is 2.56 bits per heavy atom. The van der Waals surface area contributed by atoms with Gasteiger partial charge in [0.25, 0.3) is 0 Å². The highest BCUT2D eigenvalue weighted by atomic mass is 16.6. The van der Waals surface area contributed by atoms with Crippen molar-refractivity contribution in [3.63, 3.8) is 0 Å². The lowest BCUT2D eigenvalue weighted by molar-refractivity contribution is -0.136. The average Bonchev–Trinajstić information content (AvgIpc) is 2.80. The van der Waals surface area contributed by atoms with E-state index in [1.807, 2.05) is 0 Å². The molecule has 5 nitrogen and oxygen atoms in total. The highest BCUT2D eigenvalue weighted by Crippen LogP contribution is 2.51. The summed E-state index contributed by atoms with van der Waals surface area (Å²) in [6.07, 6.45) is 0.170. The smallest absolute Gasteiger partial charge is 0.211 e. The molecular formula is C11H18N2O3. The van der Waals surface area contributed by atoms with Crippen LogP contribution in [0.5, 0.6) is 0 Å². The van der Waals surface area contributed by atoms with Gasteiger partial charge in [0, 0.05) is 13.2 Å². The molecular weight excluding hydrogens is 208 g/mol. The maximum Gasteiger partial charge on any atom is 0.211 e. The summed E-state index contributed by atoms with van der Waals surface area (Å²) in [6.45, 7) is 2.28. The van der Waals surface area contributed by atoms with Crippen LogP contribution in [0.1, 0.15) is 13.3 Å². The predicted octanol–water partition coefficient (Wildman–Crippen LogP) is -0.00132. The van der Waals surface area contributed by atoms with Gasteiger partial charge in [-0.15, -0.1) is 0 Å². The zero-order chi connectivity index (χ0) is 12.3. The molecule has 4 unspecified atom stereocenters. The summed E-state index contributed by atoms with van der Waals surface area (Å²) in [5.74, 6) is 1.70. The maximum atomic E-state index is 9.36. The van der Waals surface area contributed by atoms with E-state index in [1.54, 1.807) is 0 Å². The van der Waals surface area contributed by atoms with E-state index in [9.17, 15) is 4.79 Å². The minimum Gasteiger partial charge on any atom is -0.362 e. The van der Waals surface area contributed by atoms with Crippen molar-refractivity contribution < 1.29 is 14.6 Å². The second-order valence-corrected chi connectivity index (χ2v) is 4.32. The number of carbonyl (C=O) groups excluding carboxylic acids is 1.